The number of nitrogens with zero attached hydrogens (tertiary/aromatic N) is 1. The first-order valence-corrected chi connectivity index (χ1v) is 6.34. The predicted octanol–water partition coefficient (Wildman–Crippen LogP) is 3.12. The average Bonchev–Trinajstić information content (AvgIpc) is 2.93. The molecule has 1 radical (unpaired) electrons. The van der Waals surface area contributed by atoms with E-state index in [1.165, 1.54) is 0 Å². The second-order valence-corrected chi connectivity index (χ2v) is 4.60. The molecule has 3 aromatic rings. The van der Waals surface area contributed by atoms with E-state index in [9.17, 15) is 10.1 Å². The van der Waals surface area contributed by atoms with Crippen LogP contribution < -0.4 is 5.46 Å². The summed E-state index contributed by atoms with van der Waals surface area (Å²) in [5, 5.41) is 12.3. The summed E-state index contributed by atoms with van der Waals surface area (Å²) in [6.07, 6.45) is 1.86. The van der Waals surface area contributed by atoms with E-state index in [0.717, 1.165) is 21.9 Å². The zero-order chi connectivity index (χ0) is 14.1. The number of H-pyrrole nitrogens is 1. The lowest BCUT2D eigenvalue weighted by Crippen LogP contribution is -2.10. The Hall–Kier alpha value is -2.56. The maximum Gasteiger partial charge on any atom is 0.277 e. The minimum Gasteiger partial charge on any atom is -0.361 e. The highest BCUT2D eigenvalue weighted by Crippen LogP contribution is 2.30. The number of nitro groups is 1. The van der Waals surface area contributed by atoms with E-state index in [2.05, 4.69) is 4.98 Å². The summed E-state index contributed by atoms with van der Waals surface area (Å²) in [6.45, 7) is 1.92. The predicted molar refractivity (Wildman–Crippen MR) is 81.6 cm³/mol. The lowest BCUT2D eigenvalue weighted by molar-refractivity contribution is -0.384. The second kappa shape index (κ2) is 4.85. The molecular weight excluding hydrogens is 251 g/mol. The molecule has 0 saturated heterocycles. The van der Waals surface area contributed by atoms with Gasteiger partial charge < -0.3 is 4.98 Å². The van der Waals surface area contributed by atoms with E-state index in [4.69, 9.17) is 0 Å². The first kappa shape index (κ1) is 12.5. The van der Waals surface area contributed by atoms with Crippen LogP contribution in [0, 0.1) is 10.1 Å². The van der Waals surface area contributed by atoms with Crippen molar-refractivity contribution in [2.45, 2.75) is 6.82 Å². The molecule has 0 aliphatic heterocycles. The molecule has 0 aliphatic rings. The summed E-state index contributed by atoms with van der Waals surface area (Å²) in [7, 11) is 1.93. The maximum atomic E-state index is 11.2. The van der Waals surface area contributed by atoms with E-state index in [-0.39, 0.29) is 10.6 Å². The summed E-state index contributed by atoms with van der Waals surface area (Å²) in [5.74, 6) is 0. The third-order valence-electron chi connectivity index (χ3n) is 3.42. The van der Waals surface area contributed by atoms with Crippen LogP contribution in [0.2, 0.25) is 6.82 Å². The van der Waals surface area contributed by atoms with Crippen LogP contribution in [0.1, 0.15) is 0 Å². The van der Waals surface area contributed by atoms with E-state index in [1.54, 1.807) is 12.1 Å². The van der Waals surface area contributed by atoms with Gasteiger partial charge in [0.25, 0.3) is 5.69 Å². The van der Waals surface area contributed by atoms with Gasteiger partial charge in [0.2, 0.25) is 0 Å². The van der Waals surface area contributed by atoms with E-state index in [0.29, 0.717) is 5.56 Å². The van der Waals surface area contributed by atoms with Gasteiger partial charge in [-0.05, 0) is 23.1 Å². The van der Waals surface area contributed by atoms with Crippen LogP contribution in [0.25, 0.3) is 22.0 Å². The molecule has 1 aromatic heterocycles. The van der Waals surface area contributed by atoms with Crippen molar-refractivity contribution in [3.05, 3.63) is 58.8 Å². The molecule has 0 aliphatic carbocycles. The highest BCUT2D eigenvalue weighted by Gasteiger charge is 2.16. The topological polar surface area (TPSA) is 58.9 Å². The fraction of sp³-hybridized carbons (Fsp3) is 0.0667. The number of hydrogen-bond acceptors (Lipinski definition) is 2. The van der Waals surface area contributed by atoms with Crippen LogP contribution >= 0.6 is 0 Å². The van der Waals surface area contributed by atoms with Gasteiger partial charge in [0.05, 0.1) is 10.5 Å². The Morgan fingerprint density at radius 1 is 1.15 bits per heavy atom. The Morgan fingerprint density at radius 2 is 2.00 bits per heavy atom. The highest BCUT2D eigenvalue weighted by atomic mass is 16.6. The quantitative estimate of drug-likeness (QED) is 0.448. The lowest BCUT2D eigenvalue weighted by Gasteiger charge is -2.06. The van der Waals surface area contributed by atoms with Crippen LogP contribution in [0.4, 0.5) is 5.69 Å². The molecule has 3 rings (SSSR count). The van der Waals surface area contributed by atoms with Crippen molar-refractivity contribution in [3.8, 4) is 11.1 Å². The van der Waals surface area contributed by atoms with Crippen molar-refractivity contribution in [2.75, 3.05) is 0 Å². The van der Waals surface area contributed by atoms with Gasteiger partial charge in [-0.15, -0.1) is 0 Å². The Labute approximate surface area is 116 Å². The van der Waals surface area contributed by atoms with Crippen molar-refractivity contribution in [3.63, 3.8) is 0 Å². The summed E-state index contributed by atoms with van der Waals surface area (Å²) >= 11 is 0. The van der Waals surface area contributed by atoms with Crippen molar-refractivity contribution in [1.29, 1.82) is 0 Å². The summed E-state index contributed by atoms with van der Waals surface area (Å²) in [6, 6.07) is 13.0. The van der Waals surface area contributed by atoms with E-state index in [1.807, 2.05) is 50.6 Å². The Balaban J connectivity index is 2.22. The normalized spacial score (nSPS) is 10.7. The molecule has 0 unspecified atom stereocenters. The van der Waals surface area contributed by atoms with Crippen LogP contribution in [0.5, 0.6) is 0 Å². The molecule has 5 heteroatoms. The van der Waals surface area contributed by atoms with Gasteiger partial charge in [0, 0.05) is 17.8 Å². The largest absolute Gasteiger partial charge is 0.361 e. The second-order valence-electron chi connectivity index (χ2n) is 4.60. The molecular formula is C15H12BN2O2. The number of rotatable bonds is 3. The Kier molecular flexibility index (Phi) is 3.02. The van der Waals surface area contributed by atoms with Crippen molar-refractivity contribution < 1.29 is 4.92 Å². The average molecular weight is 263 g/mol. The zero-order valence-electron chi connectivity index (χ0n) is 11.0. The molecule has 0 bridgehead atoms. The number of fused-ring (bicyclic) bond motifs is 1. The van der Waals surface area contributed by atoms with E-state index >= 15 is 0 Å². The lowest BCUT2D eigenvalue weighted by atomic mass is 9.72. The van der Waals surface area contributed by atoms with Gasteiger partial charge in [-0.2, -0.15) is 0 Å². The molecule has 0 atom stereocenters. The van der Waals surface area contributed by atoms with Gasteiger partial charge in [-0.3, -0.25) is 10.1 Å². The molecule has 4 nitrogen and oxygen atoms in total. The SMILES string of the molecule is C[B]c1ccc([N+](=O)[O-])c(-c2ccc3cc[nH]c3c2)c1. The van der Waals surface area contributed by atoms with Crippen molar-refractivity contribution in [1.82, 2.24) is 4.98 Å². The van der Waals surface area contributed by atoms with Gasteiger partial charge in [-0.1, -0.05) is 36.6 Å². The molecule has 0 amide bonds. The molecule has 1 heterocycles. The first-order valence-electron chi connectivity index (χ1n) is 6.34. The van der Waals surface area contributed by atoms with Crippen LogP contribution in [-0.2, 0) is 0 Å². The highest BCUT2D eigenvalue weighted by molar-refractivity contribution is 6.52. The molecule has 97 valence electrons. The molecule has 2 aromatic carbocycles. The van der Waals surface area contributed by atoms with E-state index < -0.39 is 0 Å². The maximum absolute atomic E-state index is 11.2. The Bertz CT molecular complexity index is 795. The third kappa shape index (κ3) is 2.07. The minimum absolute atomic E-state index is 0.126. The summed E-state index contributed by atoms with van der Waals surface area (Å²) in [4.78, 5) is 14.0. The van der Waals surface area contributed by atoms with Crippen LogP contribution in [0.15, 0.2) is 48.7 Å². The van der Waals surface area contributed by atoms with Crippen LogP contribution in [0.3, 0.4) is 0 Å². The molecule has 0 saturated carbocycles. The molecule has 20 heavy (non-hydrogen) atoms. The number of benzene rings is 2. The molecule has 0 fully saturated rings. The number of nitro benzene ring substituents is 1. The van der Waals surface area contributed by atoms with Gasteiger partial charge in [0.1, 0.15) is 7.28 Å². The Morgan fingerprint density at radius 3 is 2.75 bits per heavy atom. The summed E-state index contributed by atoms with van der Waals surface area (Å²) in [5.41, 5.74) is 3.55. The van der Waals surface area contributed by atoms with Gasteiger partial charge in [-0.25, -0.2) is 0 Å². The third-order valence-corrected chi connectivity index (χ3v) is 3.42. The fourth-order valence-electron chi connectivity index (χ4n) is 2.34. The van der Waals surface area contributed by atoms with Crippen molar-refractivity contribution in [2.24, 2.45) is 0 Å². The standard InChI is InChI=1S/C15H12BN2O2/c1-16-12-4-5-15(18(19)20)13(9-12)11-3-2-10-6-7-17-14(10)8-11/h2-9,17H,1H3. The fourth-order valence-corrected chi connectivity index (χ4v) is 2.34. The van der Waals surface area contributed by atoms with Gasteiger partial charge >= 0.3 is 0 Å². The smallest absolute Gasteiger partial charge is 0.277 e. The molecule has 1 N–H and O–H groups in total. The van der Waals surface area contributed by atoms with Gasteiger partial charge in [0.15, 0.2) is 0 Å². The monoisotopic (exact) mass is 263 g/mol. The number of hydrogen-bond donors (Lipinski definition) is 1. The molecule has 0 spiro atoms. The zero-order valence-corrected chi connectivity index (χ0v) is 11.0. The first-order chi connectivity index (χ1) is 9.69. The van der Waals surface area contributed by atoms with Crippen LogP contribution in [-0.4, -0.2) is 17.2 Å². The number of aromatic nitrogens is 1. The minimum atomic E-state index is -0.340. The van der Waals surface area contributed by atoms with Crippen molar-refractivity contribution >= 4 is 29.3 Å². The number of aromatic amines is 1. The summed E-state index contributed by atoms with van der Waals surface area (Å²) < 4.78 is 0. The number of nitrogens with one attached hydrogen (secondary N) is 1.